The number of anilines is 1. The van der Waals surface area contributed by atoms with Gasteiger partial charge in [0, 0.05) is 25.9 Å². The molecule has 1 heterocycles. The molecule has 108 valence electrons. The highest BCUT2D eigenvalue weighted by molar-refractivity contribution is 5.78. The van der Waals surface area contributed by atoms with Crippen LogP contribution in [0.4, 0.5) is 5.69 Å². The normalized spacial score (nSPS) is 14.8. The van der Waals surface area contributed by atoms with Crippen molar-refractivity contribution >= 4 is 11.6 Å². The van der Waals surface area contributed by atoms with E-state index in [1.54, 1.807) is 36.3 Å². The monoisotopic (exact) mass is 276 g/mol. The molecule has 1 aromatic carbocycles. The molecule has 0 fully saturated rings. The van der Waals surface area contributed by atoms with Gasteiger partial charge in [-0.2, -0.15) is 0 Å². The molecular weight excluding hydrogens is 256 g/mol. The quantitative estimate of drug-likeness (QED) is 0.653. The van der Waals surface area contributed by atoms with Crippen molar-refractivity contribution in [3.05, 3.63) is 35.9 Å². The first-order valence-electron chi connectivity index (χ1n) is 6.62. The number of nitrogens with two attached hydrogens (primary N) is 1. The molecular formula is C15H20N2O3. The Balaban J connectivity index is 1.80. The molecule has 5 heteroatoms. The fourth-order valence-corrected chi connectivity index (χ4v) is 2.05. The minimum atomic E-state index is -0.00505. The van der Waals surface area contributed by atoms with E-state index in [9.17, 15) is 4.79 Å². The zero-order valence-corrected chi connectivity index (χ0v) is 11.7. The number of hydrogen-bond acceptors (Lipinski definition) is 4. The standard InChI is InChI=1S/C15H20N2O3/c1-19-10-12-6-8-17(9-7-12)15(18)11-20-14-4-2-13(16)3-5-14/h2-6H,7-11,16H2,1H3. The number of carbonyl (C=O) groups excluding carboxylic acids is 1. The molecule has 2 rings (SSSR count). The van der Waals surface area contributed by atoms with Gasteiger partial charge >= 0.3 is 0 Å². The average molecular weight is 276 g/mol. The third kappa shape index (κ3) is 3.99. The van der Waals surface area contributed by atoms with Crippen LogP contribution in [0.2, 0.25) is 0 Å². The smallest absolute Gasteiger partial charge is 0.260 e. The number of hydrogen-bond donors (Lipinski definition) is 1. The molecule has 0 unspecified atom stereocenters. The van der Waals surface area contributed by atoms with Gasteiger partial charge < -0.3 is 20.1 Å². The molecule has 1 aliphatic rings. The molecule has 0 bridgehead atoms. The Morgan fingerprint density at radius 1 is 1.35 bits per heavy atom. The van der Waals surface area contributed by atoms with Crippen LogP contribution in [0, 0.1) is 0 Å². The number of amides is 1. The van der Waals surface area contributed by atoms with Gasteiger partial charge in [-0.15, -0.1) is 0 Å². The van der Waals surface area contributed by atoms with Crippen molar-refractivity contribution in [2.75, 3.05) is 39.1 Å². The van der Waals surface area contributed by atoms with Crippen molar-refractivity contribution in [1.82, 2.24) is 4.90 Å². The largest absolute Gasteiger partial charge is 0.484 e. The van der Waals surface area contributed by atoms with Crippen LogP contribution in [0.3, 0.4) is 0 Å². The first-order valence-corrected chi connectivity index (χ1v) is 6.62. The van der Waals surface area contributed by atoms with Crippen molar-refractivity contribution in [3.63, 3.8) is 0 Å². The van der Waals surface area contributed by atoms with Gasteiger partial charge in [-0.25, -0.2) is 0 Å². The van der Waals surface area contributed by atoms with Gasteiger partial charge in [0.2, 0.25) is 0 Å². The predicted molar refractivity (Wildman–Crippen MR) is 77.5 cm³/mol. The van der Waals surface area contributed by atoms with Crippen molar-refractivity contribution in [2.24, 2.45) is 0 Å². The fraction of sp³-hybridized carbons (Fsp3) is 0.400. The maximum Gasteiger partial charge on any atom is 0.260 e. The Labute approximate surface area is 119 Å². The van der Waals surface area contributed by atoms with Gasteiger partial charge in [0.05, 0.1) is 6.61 Å². The van der Waals surface area contributed by atoms with Gasteiger partial charge in [0.25, 0.3) is 5.91 Å². The van der Waals surface area contributed by atoms with Crippen molar-refractivity contribution in [3.8, 4) is 5.75 Å². The molecule has 1 aromatic rings. The van der Waals surface area contributed by atoms with E-state index < -0.39 is 0 Å². The number of rotatable bonds is 5. The van der Waals surface area contributed by atoms with Gasteiger partial charge in [0.15, 0.2) is 6.61 Å². The van der Waals surface area contributed by atoms with E-state index in [0.717, 1.165) is 13.0 Å². The van der Waals surface area contributed by atoms with E-state index in [1.165, 1.54) is 5.57 Å². The molecule has 0 atom stereocenters. The van der Waals surface area contributed by atoms with Crippen LogP contribution in [0.15, 0.2) is 35.9 Å². The fourth-order valence-electron chi connectivity index (χ4n) is 2.05. The Bertz CT molecular complexity index is 482. The van der Waals surface area contributed by atoms with E-state index in [0.29, 0.717) is 24.6 Å². The summed E-state index contributed by atoms with van der Waals surface area (Å²) in [6, 6.07) is 7.02. The van der Waals surface area contributed by atoms with E-state index >= 15 is 0 Å². The summed E-state index contributed by atoms with van der Waals surface area (Å²) < 4.78 is 10.5. The molecule has 0 radical (unpaired) electrons. The van der Waals surface area contributed by atoms with Crippen LogP contribution >= 0.6 is 0 Å². The number of ether oxygens (including phenoxy) is 2. The molecule has 20 heavy (non-hydrogen) atoms. The molecule has 0 aliphatic carbocycles. The maximum atomic E-state index is 12.0. The van der Waals surface area contributed by atoms with Gasteiger partial charge in [-0.05, 0) is 36.3 Å². The summed E-state index contributed by atoms with van der Waals surface area (Å²) in [5.41, 5.74) is 7.51. The Kier molecular flexibility index (Phi) is 5.01. The van der Waals surface area contributed by atoms with Gasteiger partial charge in [-0.1, -0.05) is 6.08 Å². The third-order valence-electron chi connectivity index (χ3n) is 3.23. The zero-order chi connectivity index (χ0) is 14.4. The lowest BCUT2D eigenvalue weighted by molar-refractivity contribution is -0.133. The Hall–Kier alpha value is -2.01. The minimum absolute atomic E-state index is 0.00505. The van der Waals surface area contributed by atoms with Crippen LogP contribution in [-0.4, -0.2) is 44.2 Å². The lowest BCUT2D eigenvalue weighted by Crippen LogP contribution is -2.38. The van der Waals surface area contributed by atoms with Crippen LogP contribution in [0.25, 0.3) is 0 Å². The summed E-state index contributed by atoms with van der Waals surface area (Å²) in [5.74, 6) is 0.648. The Morgan fingerprint density at radius 2 is 2.10 bits per heavy atom. The second kappa shape index (κ2) is 6.96. The second-order valence-corrected chi connectivity index (χ2v) is 4.74. The highest BCUT2D eigenvalue weighted by Crippen LogP contribution is 2.14. The van der Waals surface area contributed by atoms with E-state index in [4.69, 9.17) is 15.2 Å². The Morgan fingerprint density at radius 3 is 2.70 bits per heavy atom. The highest BCUT2D eigenvalue weighted by Gasteiger charge is 2.17. The zero-order valence-electron chi connectivity index (χ0n) is 11.7. The summed E-state index contributed by atoms with van der Waals surface area (Å²) >= 11 is 0. The number of carbonyl (C=O) groups is 1. The number of benzene rings is 1. The predicted octanol–water partition coefficient (Wildman–Crippen LogP) is 1.45. The maximum absolute atomic E-state index is 12.0. The highest BCUT2D eigenvalue weighted by atomic mass is 16.5. The number of nitrogen functional groups attached to an aromatic ring is 1. The summed E-state index contributed by atoms with van der Waals surface area (Å²) in [4.78, 5) is 13.8. The molecule has 5 nitrogen and oxygen atoms in total. The summed E-state index contributed by atoms with van der Waals surface area (Å²) in [6.45, 7) is 2.04. The van der Waals surface area contributed by atoms with Crippen LogP contribution < -0.4 is 10.5 Å². The van der Waals surface area contributed by atoms with Gasteiger partial charge in [-0.3, -0.25) is 4.79 Å². The molecule has 0 spiro atoms. The third-order valence-corrected chi connectivity index (χ3v) is 3.23. The van der Waals surface area contributed by atoms with Crippen LogP contribution in [-0.2, 0) is 9.53 Å². The molecule has 0 aromatic heterocycles. The van der Waals surface area contributed by atoms with Crippen LogP contribution in [0.5, 0.6) is 5.75 Å². The lowest BCUT2D eigenvalue weighted by Gasteiger charge is -2.26. The molecule has 0 saturated carbocycles. The first kappa shape index (κ1) is 14.4. The summed E-state index contributed by atoms with van der Waals surface area (Å²) in [7, 11) is 1.68. The number of nitrogens with zero attached hydrogens (tertiary/aromatic N) is 1. The SMILES string of the molecule is COCC1=CCN(C(=O)COc2ccc(N)cc2)CC1. The van der Waals surface area contributed by atoms with E-state index in [1.807, 2.05) is 6.08 Å². The number of methoxy groups -OCH3 is 1. The second-order valence-electron chi connectivity index (χ2n) is 4.74. The topological polar surface area (TPSA) is 64.8 Å². The van der Waals surface area contributed by atoms with Crippen LogP contribution in [0.1, 0.15) is 6.42 Å². The molecule has 1 aliphatic heterocycles. The molecule has 1 amide bonds. The molecule has 2 N–H and O–H groups in total. The lowest BCUT2D eigenvalue weighted by atomic mass is 10.1. The van der Waals surface area contributed by atoms with E-state index in [2.05, 4.69) is 0 Å². The summed E-state index contributed by atoms with van der Waals surface area (Å²) in [6.07, 6.45) is 2.91. The minimum Gasteiger partial charge on any atom is -0.484 e. The summed E-state index contributed by atoms with van der Waals surface area (Å²) in [5, 5.41) is 0. The average Bonchev–Trinajstić information content (AvgIpc) is 2.47. The van der Waals surface area contributed by atoms with Crippen molar-refractivity contribution in [2.45, 2.75) is 6.42 Å². The van der Waals surface area contributed by atoms with Crippen molar-refractivity contribution < 1.29 is 14.3 Å². The first-order chi connectivity index (χ1) is 9.69. The van der Waals surface area contributed by atoms with E-state index in [-0.39, 0.29) is 12.5 Å². The van der Waals surface area contributed by atoms with Gasteiger partial charge in [0.1, 0.15) is 5.75 Å². The van der Waals surface area contributed by atoms with Crippen molar-refractivity contribution in [1.29, 1.82) is 0 Å². The molecule has 0 saturated heterocycles.